The number of likely N-dealkylation sites (tertiary alicyclic amines) is 1. The van der Waals surface area contributed by atoms with Crippen LogP contribution in [0.1, 0.15) is 17.0 Å². The highest BCUT2D eigenvalue weighted by molar-refractivity contribution is 5.85. The normalized spacial score (nSPS) is 22.0. The average molecular weight is 307 g/mol. The van der Waals surface area contributed by atoms with Crippen molar-refractivity contribution < 1.29 is 4.39 Å². The Morgan fingerprint density at radius 3 is 2.52 bits per heavy atom. The van der Waals surface area contributed by atoms with E-state index in [-0.39, 0.29) is 24.3 Å². The summed E-state index contributed by atoms with van der Waals surface area (Å²) in [4.78, 5) is 2.30. The van der Waals surface area contributed by atoms with Crippen LogP contribution in [0.4, 0.5) is 4.39 Å². The van der Waals surface area contributed by atoms with Gasteiger partial charge in [-0.25, -0.2) is 4.39 Å². The lowest BCUT2D eigenvalue weighted by atomic mass is 9.95. The van der Waals surface area contributed by atoms with E-state index in [2.05, 4.69) is 29.2 Å². The molecule has 2 atom stereocenters. The minimum atomic E-state index is -0.175. The molecule has 0 bridgehead atoms. The summed E-state index contributed by atoms with van der Waals surface area (Å²) in [7, 11) is 0. The van der Waals surface area contributed by atoms with Gasteiger partial charge in [0.1, 0.15) is 5.82 Å². The molecule has 1 fully saturated rings. The standard InChI is InChI=1S/C17H19FN2.ClH/c18-15-8-4-5-13(9-15)10-20-11-16(17(19)12-20)14-6-2-1-3-7-14;/h1-9,16-17H,10-12,19H2;1H/t16-,17+;/m0./s1. The van der Waals surface area contributed by atoms with Gasteiger partial charge >= 0.3 is 0 Å². The molecule has 1 saturated heterocycles. The van der Waals surface area contributed by atoms with Crippen LogP contribution in [-0.2, 0) is 6.54 Å². The molecule has 0 aliphatic carbocycles. The summed E-state index contributed by atoms with van der Waals surface area (Å²) in [5, 5.41) is 0. The summed E-state index contributed by atoms with van der Waals surface area (Å²) in [6.45, 7) is 2.55. The number of hydrogen-bond donors (Lipinski definition) is 1. The predicted octanol–water partition coefficient (Wildman–Crippen LogP) is 3.17. The number of hydrogen-bond acceptors (Lipinski definition) is 2. The van der Waals surface area contributed by atoms with Crippen LogP contribution in [0.3, 0.4) is 0 Å². The summed E-state index contributed by atoms with van der Waals surface area (Å²) in [5.74, 6) is 0.190. The van der Waals surface area contributed by atoms with Crippen LogP contribution in [0.25, 0.3) is 0 Å². The second-order valence-electron chi connectivity index (χ2n) is 5.51. The lowest BCUT2D eigenvalue weighted by Crippen LogP contribution is -2.28. The van der Waals surface area contributed by atoms with Gasteiger partial charge in [-0.15, -0.1) is 12.4 Å². The molecule has 0 amide bonds. The minimum absolute atomic E-state index is 0. The Morgan fingerprint density at radius 2 is 1.81 bits per heavy atom. The molecule has 0 radical (unpaired) electrons. The number of nitrogens with two attached hydrogens (primary N) is 1. The lowest BCUT2D eigenvalue weighted by molar-refractivity contribution is 0.323. The number of benzene rings is 2. The van der Waals surface area contributed by atoms with Crippen LogP contribution < -0.4 is 5.73 Å². The summed E-state index contributed by atoms with van der Waals surface area (Å²) < 4.78 is 13.2. The third-order valence-electron chi connectivity index (χ3n) is 3.96. The maximum absolute atomic E-state index is 13.2. The molecule has 3 rings (SSSR count). The highest BCUT2D eigenvalue weighted by Crippen LogP contribution is 2.27. The Kier molecular flexibility index (Phi) is 5.34. The van der Waals surface area contributed by atoms with Crippen molar-refractivity contribution in [2.45, 2.75) is 18.5 Å². The van der Waals surface area contributed by atoms with E-state index >= 15 is 0 Å². The number of rotatable bonds is 3. The average Bonchev–Trinajstić information content (AvgIpc) is 2.80. The second kappa shape index (κ2) is 7.03. The first-order chi connectivity index (χ1) is 9.72. The predicted molar refractivity (Wildman–Crippen MR) is 86.1 cm³/mol. The molecule has 1 aliphatic heterocycles. The van der Waals surface area contributed by atoms with E-state index in [1.165, 1.54) is 11.6 Å². The largest absolute Gasteiger partial charge is 0.326 e. The van der Waals surface area contributed by atoms with Gasteiger partial charge in [0.05, 0.1) is 0 Å². The van der Waals surface area contributed by atoms with Gasteiger partial charge in [0.25, 0.3) is 0 Å². The highest BCUT2D eigenvalue weighted by atomic mass is 35.5. The molecule has 1 heterocycles. The Hall–Kier alpha value is -1.42. The molecule has 0 aromatic heterocycles. The van der Waals surface area contributed by atoms with Gasteiger partial charge < -0.3 is 5.73 Å². The van der Waals surface area contributed by atoms with Crippen LogP contribution in [-0.4, -0.2) is 24.0 Å². The first kappa shape index (κ1) is 16.0. The Labute approximate surface area is 131 Å². The molecule has 0 saturated carbocycles. The van der Waals surface area contributed by atoms with E-state index in [1.807, 2.05) is 12.1 Å². The number of nitrogens with zero attached hydrogens (tertiary/aromatic N) is 1. The Morgan fingerprint density at radius 1 is 1.05 bits per heavy atom. The molecule has 2 nitrogen and oxygen atoms in total. The summed E-state index contributed by atoms with van der Waals surface area (Å²) in [5.41, 5.74) is 8.57. The van der Waals surface area contributed by atoms with Gasteiger partial charge in [0, 0.05) is 31.6 Å². The van der Waals surface area contributed by atoms with Crippen molar-refractivity contribution >= 4 is 12.4 Å². The minimum Gasteiger partial charge on any atom is -0.326 e. The molecule has 1 aliphatic rings. The maximum Gasteiger partial charge on any atom is 0.123 e. The van der Waals surface area contributed by atoms with E-state index in [9.17, 15) is 4.39 Å². The first-order valence-corrected chi connectivity index (χ1v) is 7.00. The molecule has 2 aromatic rings. The molecule has 0 spiro atoms. The maximum atomic E-state index is 13.2. The Balaban J connectivity index is 0.00000161. The molecule has 112 valence electrons. The first-order valence-electron chi connectivity index (χ1n) is 7.00. The zero-order valence-corrected chi connectivity index (χ0v) is 12.6. The van der Waals surface area contributed by atoms with Gasteiger partial charge in [0.15, 0.2) is 0 Å². The SMILES string of the molecule is Cl.N[C@@H]1CN(Cc2cccc(F)c2)C[C@H]1c1ccccc1. The molecule has 21 heavy (non-hydrogen) atoms. The molecule has 2 aromatic carbocycles. The topological polar surface area (TPSA) is 29.3 Å². The highest BCUT2D eigenvalue weighted by Gasteiger charge is 2.30. The van der Waals surface area contributed by atoms with E-state index in [1.54, 1.807) is 12.1 Å². The van der Waals surface area contributed by atoms with Crippen molar-refractivity contribution in [2.75, 3.05) is 13.1 Å². The van der Waals surface area contributed by atoms with Crippen LogP contribution in [0.5, 0.6) is 0 Å². The van der Waals surface area contributed by atoms with Crippen molar-refractivity contribution in [3.8, 4) is 0 Å². The quantitative estimate of drug-likeness (QED) is 0.944. The van der Waals surface area contributed by atoms with Crippen LogP contribution >= 0.6 is 12.4 Å². The Bertz CT molecular complexity index is 576. The van der Waals surface area contributed by atoms with Crippen molar-refractivity contribution in [1.82, 2.24) is 4.90 Å². The van der Waals surface area contributed by atoms with Crippen LogP contribution in [0, 0.1) is 5.82 Å². The zero-order valence-electron chi connectivity index (χ0n) is 11.8. The van der Waals surface area contributed by atoms with E-state index in [0.717, 1.165) is 25.2 Å². The lowest BCUT2D eigenvalue weighted by Gasteiger charge is -2.16. The molecule has 4 heteroatoms. The van der Waals surface area contributed by atoms with Crippen molar-refractivity contribution in [2.24, 2.45) is 5.73 Å². The van der Waals surface area contributed by atoms with Crippen molar-refractivity contribution in [3.05, 3.63) is 71.5 Å². The van der Waals surface area contributed by atoms with Gasteiger partial charge in [-0.3, -0.25) is 4.90 Å². The van der Waals surface area contributed by atoms with Crippen LogP contribution in [0.15, 0.2) is 54.6 Å². The monoisotopic (exact) mass is 306 g/mol. The van der Waals surface area contributed by atoms with Crippen LogP contribution in [0.2, 0.25) is 0 Å². The summed E-state index contributed by atoms with van der Waals surface area (Å²) >= 11 is 0. The second-order valence-corrected chi connectivity index (χ2v) is 5.51. The molecular weight excluding hydrogens is 287 g/mol. The van der Waals surface area contributed by atoms with Crippen molar-refractivity contribution in [1.29, 1.82) is 0 Å². The van der Waals surface area contributed by atoms with Crippen molar-refractivity contribution in [3.63, 3.8) is 0 Å². The fourth-order valence-electron chi connectivity index (χ4n) is 2.99. The van der Waals surface area contributed by atoms with Gasteiger partial charge in [-0.1, -0.05) is 42.5 Å². The summed E-state index contributed by atoms with van der Waals surface area (Å²) in [6, 6.07) is 17.3. The third kappa shape index (κ3) is 3.82. The third-order valence-corrected chi connectivity index (χ3v) is 3.96. The fraction of sp³-hybridized carbons (Fsp3) is 0.294. The van der Waals surface area contributed by atoms with E-state index in [4.69, 9.17) is 5.73 Å². The fourth-order valence-corrected chi connectivity index (χ4v) is 2.99. The molecule has 0 unspecified atom stereocenters. The molecule has 2 N–H and O–H groups in total. The van der Waals surface area contributed by atoms with E-state index < -0.39 is 0 Å². The smallest absolute Gasteiger partial charge is 0.123 e. The van der Waals surface area contributed by atoms with E-state index in [0.29, 0.717) is 5.92 Å². The van der Waals surface area contributed by atoms with Gasteiger partial charge in [0.2, 0.25) is 0 Å². The number of halogens is 2. The van der Waals surface area contributed by atoms with Gasteiger partial charge in [-0.05, 0) is 23.3 Å². The molecular formula is C17H20ClFN2. The van der Waals surface area contributed by atoms with Gasteiger partial charge in [-0.2, -0.15) is 0 Å². The summed E-state index contributed by atoms with van der Waals surface area (Å²) in [6.07, 6.45) is 0. The zero-order chi connectivity index (χ0) is 13.9.